The lowest BCUT2D eigenvalue weighted by molar-refractivity contribution is -0.115. The number of hydrogen-bond acceptors (Lipinski definition) is 3. The highest BCUT2D eigenvalue weighted by atomic mass is 35.5. The molecule has 1 heterocycles. The van der Waals surface area contributed by atoms with Crippen molar-refractivity contribution in [3.05, 3.63) is 59.1 Å². The van der Waals surface area contributed by atoms with Crippen LogP contribution in [-0.2, 0) is 4.79 Å². The van der Waals surface area contributed by atoms with Crippen LogP contribution in [0.25, 0.3) is 0 Å². The van der Waals surface area contributed by atoms with Gasteiger partial charge < -0.3 is 4.74 Å². The summed E-state index contributed by atoms with van der Waals surface area (Å²) in [6, 6.07) is 15.2. The van der Waals surface area contributed by atoms with E-state index in [1.807, 2.05) is 42.5 Å². The van der Waals surface area contributed by atoms with Crippen molar-refractivity contribution in [3.8, 4) is 5.75 Å². The largest absolute Gasteiger partial charge is 0.497 e. The van der Waals surface area contributed by atoms with Gasteiger partial charge in [0.25, 0.3) is 0 Å². The summed E-state index contributed by atoms with van der Waals surface area (Å²) in [4.78, 5) is 14.0. The average molecular weight is 320 g/mol. The van der Waals surface area contributed by atoms with Crippen molar-refractivity contribution in [2.24, 2.45) is 0 Å². The van der Waals surface area contributed by atoms with E-state index < -0.39 is 0 Å². The number of ether oxygens (including phenoxy) is 1. The maximum atomic E-state index is 12.2. The number of carbonyl (C=O) groups excluding carboxylic acids is 1. The van der Waals surface area contributed by atoms with Crippen LogP contribution < -0.4 is 9.64 Å². The molecule has 1 saturated heterocycles. The smallest absolute Gasteiger partial charge is 0.238 e. The molecule has 0 unspecified atom stereocenters. The second-order valence-electron chi connectivity index (χ2n) is 4.68. The minimum absolute atomic E-state index is 0.0260. The summed E-state index contributed by atoms with van der Waals surface area (Å²) in [5.74, 6) is 1.38. The molecule has 0 N–H and O–H groups in total. The molecule has 0 aliphatic carbocycles. The zero-order valence-electron chi connectivity index (χ0n) is 11.5. The van der Waals surface area contributed by atoms with Crippen LogP contribution in [0.5, 0.6) is 5.75 Å². The highest BCUT2D eigenvalue weighted by Gasteiger charge is 2.34. The van der Waals surface area contributed by atoms with E-state index in [0.717, 1.165) is 17.0 Å². The van der Waals surface area contributed by atoms with Gasteiger partial charge in [0, 0.05) is 10.7 Å². The molecule has 1 fully saturated rings. The monoisotopic (exact) mass is 319 g/mol. The second kappa shape index (κ2) is 6.00. The normalized spacial score (nSPS) is 18.1. The Bertz CT molecular complexity index is 660. The molecule has 3 rings (SSSR count). The highest BCUT2D eigenvalue weighted by molar-refractivity contribution is 8.00. The SMILES string of the molecule is COc1ccc([C@@H]2SCC(=O)N2c2cccc(Cl)c2)cc1. The van der Waals surface area contributed by atoms with Gasteiger partial charge in [-0.1, -0.05) is 29.8 Å². The predicted molar refractivity (Wildman–Crippen MR) is 87.1 cm³/mol. The van der Waals surface area contributed by atoms with Gasteiger partial charge in [-0.2, -0.15) is 0 Å². The fraction of sp³-hybridized carbons (Fsp3) is 0.188. The summed E-state index contributed by atoms with van der Waals surface area (Å²) >= 11 is 7.66. The lowest BCUT2D eigenvalue weighted by Gasteiger charge is -2.24. The molecular formula is C16H14ClNO2S. The van der Waals surface area contributed by atoms with Crippen molar-refractivity contribution in [1.29, 1.82) is 0 Å². The maximum Gasteiger partial charge on any atom is 0.238 e. The Kier molecular flexibility index (Phi) is 4.08. The maximum absolute atomic E-state index is 12.2. The zero-order chi connectivity index (χ0) is 14.8. The average Bonchev–Trinajstić information content (AvgIpc) is 2.89. The molecular weight excluding hydrogens is 306 g/mol. The van der Waals surface area contributed by atoms with Crippen molar-refractivity contribution >= 4 is 35.0 Å². The van der Waals surface area contributed by atoms with Crippen molar-refractivity contribution < 1.29 is 9.53 Å². The quantitative estimate of drug-likeness (QED) is 0.852. The van der Waals surface area contributed by atoms with E-state index in [1.165, 1.54) is 0 Å². The Labute approximate surface area is 132 Å². The van der Waals surface area contributed by atoms with E-state index >= 15 is 0 Å². The number of hydrogen-bond donors (Lipinski definition) is 0. The van der Waals surface area contributed by atoms with Gasteiger partial charge in [-0.05, 0) is 35.9 Å². The number of thioether (sulfide) groups is 1. The fourth-order valence-corrected chi connectivity index (χ4v) is 3.71. The van der Waals surface area contributed by atoms with Crippen molar-refractivity contribution in [1.82, 2.24) is 0 Å². The minimum Gasteiger partial charge on any atom is -0.497 e. The number of benzene rings is 2. The first-order valence-electron chi connectivity index (χ1n) is 6.52. The van der Waals surface area contributed by atoms with Crippen molar-refractivity contribution in [2.45, 2.75) is 5.37 Å². The van der Waals surface area contributed by atoms with Crippen LogP contribution in [0.15, 0.2) is 48.5 Å². The molecule has 1 aliphatic heterocycles. The standard InChI is InChI=1S/C16H14ClNO2S/c1-20-14-7-5-11(6-8-14)16-18(15(19)10-21-16)13-4-2-3-12(17)9-13/h2-9,16H,10H2,1H3/t16-/m0/s1. The Morgan fingerprint density at radius 2 is 2.00 bits per heavy atom. The first kappa shape index (κ1) is 14.3. The number of halogens is 1. The first-order chi connectivity index (χ1) is 10.2. The van der Waals surface area contributed by atoms with Crippen LogP contribution >= 0.6 is 23.4 Å². The molecule has 2 aromatic rings. The third kappa shape index (κ3) is 2.87. The fourth-order valence-electron chi connectivity index (χ4n) is 2.34. The second-order valence-corrected chi connectivity index (χ2v) is 6.19. The molecule has 0 aromatic heterocycles. The third-order valence-electron chi connectivity index (χ3n) is 3.36. The zero-order valence-corrected chi connectivity index (χ0v) is 13.0. The van der Waals surface area contributed by atoms with Gasteiger partial charge in [-0.15, -0.1) is 11.8 Å². The van der Waals surface area contributed by atoms with Gasteiger partial charge >= 0.3 is 0 Å². The van der Waals surface area contributed by atoms with E-state index in [4.69, 9.17) is 16.3 Å². The Balaban J connectivity index is 1.95. The molecule has 1 amide bonds. The van der Waals surface area contributed by atoms with Gasteiger partial charge in [0.15, 0.2) is 0 Å². The summed E-state index contributed by atoms with van der Waals surface area (Å²) in [6.45, 7) is 0. The number of anilines is 1. The summed E-state index contributed by atoms with van der Waals surface area (Å²) in [5, 5.41) is 0.604. The molecule has 1 aliphatic rings. The van der Waals surface area contributed by atoms with Gasteiger partial charge in [-0.3, -0.25) is 9.69 Å². The van der Waals surface area contributed by atoms with Crippen molar-refractivity contribution in [3.63, 3.8) is 0 Å². The van der Waals surface area contributed by atoms with Crippen LogP contribution in [-0.4, -0.2) is 18.8 Å². The third-order valence-corrected chi connectivity index (χ3v) is 4.80. The topological polar surface area (TPSA) is 29.5 Å². The van der Waals surface area contributed by atoms with Crippen LogP contribution in [0.4, 0.5) is 5.69 Å². The molecule has 108 valence electrons. The molecule has 3 nitrogen and oxygen atoms in total. The molecule has 2 aromatic carbocycles. The van der Waals surface area contributed by atoms with Crippen LogP contribution in [0.3, 0.4) is 0 Å². The highest BCUT2D eigenvalue weighted by Crippen LogP contribution is 2.42. The van der Waals surface area contributed by atoms with Crippen LogP contribution in [0, 0.1) is 0 Å². The van der Waals surface area contributed by atoms with Gasteiger partial charge in [0.2, 0.25) is 5.91 Å². The summed E-state index contributed by atoms with van der Waals surface area (Å²) in [6.07, 6.45) is 0. The van der Waals surface area contributed by atoms with Crippen molar-refractivity contribution in [2.75, 3.05) is 17.8 Å². The van der Waals surface area contributed by atoms with E-state index in [1.54, 1.807) is 29.8 Å². The molecule has 0 spiro atoms. The van der Waals surface area contributed by atoms with E-state index in [9.17, 15) is 4.79 Å². The number of methoxy groups -OCH3 is 1. The number of nitrogens with zero attached hydrogens (tertiary/aromatic N) is 1. The summed E-state index contributed by atoms with van der Waals surface area (Å²) < 4.78 is 5.18. The molecule has 5 heteroatoms. The van der Waals surface area contributed by atoms with E-state index in [0.29, 0.717) is 10.8 Å². The number of rotatable bonds is 3. The van der Waals surface area contributed by atoms with Gasteiger partial charge in [0.1, 0.15) is 11.1 Å². The molecule has 1 atom stereocenters. The van der Waals surface area contributed by atoms with E-state index in [-0.39, 0.29) is 11.3 Å². The first-order valence-corrected chi connectivity index (χ1v) is 7.95. The molecule has 21 heavy (non-hydrogen) atoms. The van der Waals surface area contributed by atoms with Crippen LogP contribution in [0.2, 0.25) is 5.02 Å². The lowest BCUT2D eigenvalue weighted by atomic mass is 10.2. The van der Waals surface area contributed by atoms with E-state index in [2.05, 4.69) is 0 Å². The Morgan fingerprint density at radius 1 is 1.24 bits per heavy atom. The number of amides is 1. The predicted octanol–water partition coefficient (Wildman–Crippen LogP) is 4.13. The number of carbonyl (C=O) groups is 1. The Hall–Kier alpha value is -1.65. The van der Waals surface area contributed by atoms with Gasteiger partial charge in [-0.25, -0.2) is 0 Å². The summed E-state index contributed by atoms with van der Waals surface area (Å²) in [7, 11) is 1.64. The molecule has 0 saturated carbocycles. The molecule has 0 radical (unpaired) electrons. The minimum atomic E-state index is -0.0260. The van der Waals surface area contributed by atoms with Gasteiger partial charge in [0.05, 0.1) is 12.9 Å². The van der Waals surface area contributed by atoms with Crippen LogP contribution in [0.1, 0.15) is 10.9 Å². The Morgan fingerprint density at radius 3 is 2.67 bits per heavy atom. The summed E-state index contributed by atoms with van der Waals surface area (Å²) in [5.41, 5.74) is 1.91. The lowest BCUT2D eigenvalue weighted by Crippen LogP contribution is -2.27. The molecule has 0 bridgehead atoms.